The summed E-state index contributed by atoms with van der Waals surface area (Å²) in [6.45, 7) is 6.79. The first-order valence-electron chi connectivity index (χ1n) is 8.40. The standard InChI is InChI=1S/C20H22N2O4/c1-20(2,3)15-7-4-13(5-8-15)11-22-16-10-14(19(24)21-25)6-9-17(16)26-12-18(22)23/h4-10,25H,11-12H2,1-3H3,(H,21,24). The molecule has 1 aliphatic rings. The Morgan fingerprint density at radius 3 is 2.50 bits per heavy atom. The fourth-order valence-corrected chi connectivity index (χ4v) is 2.87. The number of benzene rings is 2. The van der Waals surface area contributed by atoms with Gasteiger partial charge in [0.05, 0.1) is 12.2 Å². The van der Waals surface area contributed by atoms with Crippen molar-refractivity contribution in [3.05, 3.63) is 59.2 Å². The second-order valence-electron chi connectivity index (χ2n) is 7.34. The van der Waals surface area contributed by atoms with Crippen molar-refractivity contribution >= 4 is 17.5 Å². The highest BCUT2D eigenvalue weighted by atomic mass is 16.5. The van der Waals surface area contributed by atoms with Crippen LogP contribution in [0.1, 0.15) is 42.3 Å². The molecule has 6 nitrogen and oxygen atoms in total. The zero-order valence-electron chi connectivity index (χ0n) is 15.1. The molecule has 2 aromatic carbocycles. The first-order valence-corrected chi connectivity index (χ1v) is 8.40. The van der Waals surface area contributed by atoms with Crippen molar-refractivity contribution in [2.45, 2.75) is 32.7 Å². The zero-order chi connectivity index (χ0) is 18.9. The predicted molar refractivity (Wildman–Crippen MR) is 97.5 cm³/mol. The van der Waals surface area contributed by atoms with Gasteiger partial charge < -0.3 is 9.64 Å². The Balaban J connectivity index is 1.91. The van der Waals surface area contributed by atoms with Gasteiger partial charge in [0, 0.05) is 5.56 Å². The molecule has 2 N–H and O–H groups in total. The molecule has 0 radical (unpaired) electrons. The molecule has 0 unspecified atom stereocenters. The lowest BCUT2D eigenvalue weighted by atomic mass is 9.87. The number of hydroxylamine groups is 1. The second-order valence-corrected chi connectivity index (χ2v) is 7.34. The highest BCUT2D eigenvalue weighted by Gasteiger charge is 2.27. The number of rotatable bonds is 3. The van der Waals surface area contributed by atoms with E-state index in [-0.39, 0.29) is 23.5 Å². The fourth-order valence-electron chi connectivity index (χ4n) is 2.87. The minimum absolute atomic E-state index is 0.0430. The van der Waals surface area contributed by atoms with Crippen molar-refractivity contribution in [3.8, 4) is 5.75 Å². The topological polar surface area (TPSA) is 78.9 Å². The van der Waals surface area contributed by atoms with Crippen LogP contribution in [0.5, 0.6) is 5.75 Å². The van der Waals surface area contributed by atoms with Crippen LogP contribution in [0.3, 0.4) is 0 Å². The van der Waals surface area contributed by atoms with E-state index in [1.807, 2.05) is 12.1 Å². The molecule has 2 amide bonds. The van der Waals surface area contributed by atoms with Gasteiger partial charge in [-0.15, -0.1) is 0 Å². The van der Waals surface area contributed by atoms with Gasteiger partial charge in [-0.25, -0.2) is 5.48 Å². The largest absolute Gasteiger partial charge is 0.482 e. The molecular formula is C20H22N2O4. The van der Waals surface area contributed by atoms with Gasteiger partial charge in [-0.05, 0) is 34.7 Å². The van der Waals surface area contributed by atoms with Gasteiger partial charge >= 0.3 is 0 Å². The van der Waals surface area contributed by atoms with Gasteiger partial charge in [-0.2, -0.15) is 0 Å². The minimum atomic E-state index is -0.639. The van der Waals surface area contributed by atoms with Crippen molar-refractivity contribution in [1.82, 2.24) is 5.48 Å². The van der Waals surface area contributed by atoms with Crippen LogP contribution in [0, 0.1) is 0 Å². The van der Waals surface area contributed by atoms with Gasteiger partial charge in [-0.1, -0.05) is 45.0 Å². The molecule has 26 heavy (non-hydrogen) atoms. The third-order valence-corrected chi connectivity index (χ3v) is 4.43. The summed E-state index contributed by atoms with van der Waals surface area (Å²) >= 11 is 0. The molecule has 0 atom stereocenters. The first-order chi connectivity index (χ1) is 12.3. The number of nitrogens with one attached hydrogen (secondary N) is 1. The molecule has 1 heterocycles. The Morgan fingerprint density at radius 2 is 1.88 bits per heavy atom. The SMILES string of the molecule is CC(C)(C)c1ccc(CN2C(=O)COc3ccc(C(=O)NO)cc32)cc1. The highest BCUT2D eigenvalue weighted by molar-refractivity contribution is 6.01. The van der Waals surface area contributed by atoms with Gasteiger partial charge in [-0.3, -0.25) is 14.8 Å². The normalized spacial score (nSPS) is 13.8. The average molecular weight is 354 g/mol. The number of carbonyl (C=O) groups is 2. The van der Waals surface area contributed by atoms with Crippen molar-refractivity contribution < 1.29 is 19.5 Å². The predicted octanol–water partition coefficient (Wildman–Crippen LogP) is 3.03. The summed E-state index contributed by atoms with van der Waals surface area (Å²) in [6.07, 6.45) is 0. The number of nitrogens with zero attached hydrogens (tertiary/aromatic N) is 1. The fraction of sp³-hybridized carbons (Fsp3) is 0.300. The molecule has 0 spiro atoms. The second kappa shape index (κ2) is 6.80. The van der Waals surface area contributed by atoms with E-state index in [0.717, 1.165) is 5.56 Å². The lowest BCUT2D eigenvalue weighted by molar-refractivity contribution is -0.121. The van der Waals surface area contributed by atoms with Gasteiger partial charge in [0.15, 0.2) is 6.61 Å². The van der Waals surface area contributed by atoms with E-state index in [1.54, 1.807) is 22.5 Å². The van der Waals surface area contributed by atoms with E-state index >= 15 is 0 Å². The molecule has 6 heteroatoms. The quantitative estimate of drug-likeness (QED) is 0.656. The van der Waals surface area contributed by atoms with E-state index in [1.165, 1.54) is 11.6 Å². The van der Waals surface area contributed by atoms with Crippen LogP contribution in [-0.2, 0) is 16.8 Å². The summed E-state index contributed by atoms with van der Waals surface area (Å²) in [5, 5.41) is 8.83. The Kier molecular flexibility index (Phi) is 4.70. The van der Waals surface area contributed by atoms with Crippen molar-refractivity contribution in [1.29, 1.82) is 0 Å². The third-order valence-electron chi connectivity index (χ3n) is 4.43. The molecule has 0 saturated carbocycles. The summed E-state index contributed by atoms with van der Waals surface area (Å²) in [7, 11) is 0. The van der Waals surface area contributed by atoms with Crippen LogP contribution in [0.4, 0.5) is 5.69 Å². The van der Waals surface area contributed by atoms with Crippen LogP contribution in [0.15, 0.2) is 42.5 Å². The summed E-state index contributed by atoms with van der Waals surface area (Å²) in [5.74, 6) is -0.287. The zero-order valence-corrected chi connectivity index (χ0v) is 15.1. The molecule has 2 aromatic rings. The summed E-state index contributed by atoms with van der Waals surface area (Å²) in [4.78, 5) is 25.7. The molecule has 0 aliphatic carbocycles. The molecule has 3 rings (SSSR count). The number of anilines is 1. The Morgan fingerprint density at radius 1 is 1.19 bits per heavy atom. The molecule has 0 fully saturated rings. The summed E-state index contributed by atoms with van der Waals surface area (Å²) < 4.78 is 5.45. The van der Waals surface area contributed by atoms with E-state index in [9.17, 15) is 9.59 Å². The smallest absolute Gasteiger partial charge is 0.274 e. The number of hydrogen-bond acceptors (Lipinski definition) is 4. The van der Waals surface area contributed by atoms with E-state index in [4.69, 9.17) is 9.94 Å². The maximum Gasteiger partial charge on any atom is 0.274 e. The van der Waals surface area contributed by atoms with E-state index in [0.29, 0.717) is 18.0 Å². The van der Waals surface area contributed by atoms with Gasteiger partial charge in [0.25, 0.3) is 11.8 Å². The van der Waals surface area contributed by atoms with Crippen LogP contribution in [0.25, 0.3) is 0 Å². The molecule has 0 saturated heterocycles. The number of carbonyl (C=O) groups excluding carboxylic acids is 2. The molecule has 1 aliphatic heterocycles. The number of fused-ring (bicyclic) bond motifs is 1. The molecule has 0 aromatic heterocycles. The van der Waals surface area contributed by atoms with Crippen molar-refractivity contribution in [3.63, 3.8) is 0 Å². The first kappa shape index (κ1) is 17.9. The van der Waals surface area contributed by atoms with E-state index in [2.05, 4.69) is 32.9 Å². The summed E-state index contributed by atoms with van der Waals surface area (Å²) in [6, 6.07) is 12.9. The molecule has 136 valence electrons. The molecule has 0 bridgehead atoms. The average Bonchev–Trinajstić information content (AvgIpc) is 2.62. The van der Waals surface area contributed by atoms with Crippen molar-refractivity contribution in [2.24, 2.45) is 0 Å². The monoisotopic (exact) mass is 354 g/mol. The minimum Gasteiger partial charge on any atom is -0.482 e. The van der Waals surface area contributed by atoms with Gasteiger partial charge in [0.1, 0.15) is 5.75 Å². The highest BCUT2D eigenvalue weighted by Crippen LogP contribution is 2.34. The maximum atomic E-state index is 12.4. The van der Waals surface area contributed by atoms with Gasteiger partial charge in [0.2, 0.25) is 0 Å². The Bertz CT molecular complexity index is 838. The lowest BCUT2D eigenvalue weighted by Gasteiger charge is -2.30. The number of hydrogen-bond donors (Lipinski definition) is 2. The van der Waals surface area contributed by atoms with Crippen LogP contribution >= 0.6 is 0 Å². The lowest BCUT2D eigenvalue weighted by Crippen LogP contribution is -2.38. The van der Waals surface area contributed by atoms with Crippen LogP contribution in [0.2, 0.25) is 0 Å². The van der Waals surface area contributed by atoms with E-state index < -0.39 is 5.91 Å². The summed E-state index contributed by atoms with van der Waals surface area (Å²) in [5.41, 5.74) is 4.63. The third kappa shape index (κ3) is 3.55. The van der Waals surface area contributed by atoms with Crippen LogP contribution in [-0.4, -0.2) is 23.6 Å². The molecular weight excluding hydrogens is 332 g/mol. The number of ether oxygens (including phenoxy) is 1. The van der Waals surface area contributed by atoms with Crippen molar-refractivity contribution in [2.75, 3.05) is 11.5 Å². The maximum absolute atomic E-state index is 12.4. The Hall–Kier alpha value is -2.86. The number of amides is 2. The van der Waals surface area contributed by atoms with Crippen LogP contribution < -0.4 is 15.1 Å². The Labute approximate surface area is 152 Å².